The number of carbonyl (C=O) groups is 2. The van der Waals surface area contributed by atoms with E-state index in [0.29, 0.717) is 34.6 Å². The lowest BCUT2D eigenvalue weighted by Gasteiger charge is -2.23. The lowest BCUT2D eigenvalue weighted by Crippen LogP contribution is -2.29. The molecule has 1 unspecified atom stereocenters. The van der Waals surface area contributed by atoms with Crippen LogP contribution in [-0.2, 0) is 4.74 Å². The number of hydrogen-bond acceptors (Lipinski definition) is 8. The van der Waals surface area contributed by atoms with Gasteiger partial charge in [0, 0.05) is 0 Å². The first-order valence-corrected chi connectivity index (χ1v) is 14.0. The number of rotatable bonds is 9. The fourth-order valence-electron chi connectivity index (χ4n) is 4.72. The standard InChI is InChI=1S/C31H30N2O6S/c1-6-8-13-37-21-11-9-10-20(16-21)25-24-26(34)22-14-17(3)18(4)15-23(22)39-27(24)29(35)33(25)31-32-19(5)28(40-31)30(36)38-12-7-2/h7,9-11,14-16,25H,2,6,8,12-13H2,1,3-5H3. The largest absolute Gasteiger partial charge is 0.494 e. The SMILES string of the molecule is C=CCOC(=O)c1sc(N2C(=O)c3oc4cc(C)c(C)cc4c(=O)c3C2c2cccc(OCCCC)c2)nc1C. The Balaban J connectivity index is 1.69. The molecule has 0 saturated carbocycles. The molecule has 0 radical (unpaired) electrons. The molecule has 1 aliphatic rings. The highest BCUT2D eigenvalue weighted by Crippen LogP contribution is 2.44. The molecule has 9 heteroatoms. The summed E-state index contributed by atoms with van der Waals surface area (Å²) in [6, 6.07) is 10.1. The number of benzene rings is 2. The van der Waals surface area contributed by atoms with E-state index >= 15 is 0 Å². The van der Waals surface area contributed by atoms with Crippen LogP contribution in [0.5, 0.6) is 5.75 Å². The fraction of sp³-hybridized carbons (Fsp3) is 0.290. The summed E-state index contributed by atoms with van der Waals surface area (Å²) in [5, 5.41) is 0.665. The van der Waals surface area contributed by atoms with Crippen molar-refractivity contribution >= 4 is 39.3 Å². The number of hydrogen-bond donors (Lipinski definition) is 0. The van der Waals surface area contributed by atoms with Gasteiger partial charge >= 0.3 is 5.97 Å². The number of thiazole rings is 1. The molecule has 3 heterocycles. The van der Waals surface area contributed by atoms with Crippen molar-refractivity contribution in [2.75, 3.05) is 18.1 Å². The van der Waals surface area contributed by atoms with Gasteiger partial charge in [-0.05, 0) is 68.1 Å². The Morgan fingerprint density at radius 1 is 1.18 bits per heavy atom. The van der Waals surface area contributed by atoms with Gasteiger partial charge in [-0.3, -0.25) is 14.5 Å². The van der Waals surface area contributed by atoms with E-state index in [1.807, 2.05) is 38.1 Å². The van der Waals surface area contributed by atoms with Crippen LogP contribution >= 0.6 is 11.3 Å². The zero-order chi connectivity index (χ0) is 28.6. The number of aromatic nitrogens is 1. The predicted octanol–water partition coefficient (Wildman–Crippen LogP) is 6.45. The number of esters is 1. The van der Waals surface area contributed by atoms with Gasteiger partial charge in [0.15, 0.2) is 10.6 Å². The van der Waals surface area contributed by atoms with Gasteiger partial charge in [0.25, 0.3) is 5.91 Å². The average molecular weight is 559 g/mol. The van der Waals surface area contributed by atoms with Crippen LogP contribution in [0.3, 0.4) is 0 Å². The van der Waals surface area contributed by atoms with Crippen LogP contribution in [0.15, 0.2) is 58.3 Å². The third-order valence-corrected chi connectivity index (χ3v) is 8.07. The van der Waals surface area contributed by atoms with E-state index < -0.39 is 17.9 Å². The smallest absolute Gasteiger partial charge is 0.350 e. The molecule has 8 nitrogen and oxygen atoms in total. The maximum absolute atomic E-state index is 14.0. The van der Waals surface area contributed by atoms with E-state index in [4.69, 9.17) is 13.9 Å². The van der Waals surface area contributed by atoms with Crippen LogP contribution in [-0.4, -0.2) is 30.1 Å². The second-order valence-corrected chi connectivity index (χ2v) is 10.7. The van der Waals surface area contributed by atoms with Crippen molar-refractivity contribution < 1.29 is 23.5 Å². The van der Waals surface area contributed by atoms with Crippen LogP contribution in [0, 0.1) is 20.8 Å². The summed E-state index contributed by atoms with van der Waals surface area (Å²) in [7, 11) is 0. The van der Waals surface area contributed by atoms with Crippen LogP contribution in [0.25, 0.3) is 11.0 Å². The Labute approximate surface area is 235 Å². The van der Waals surface area contributed by atoms with Crippen LogP contribution in [0.2, 0.25) is 0 Å². The molecule has 40 heavy (non-hydrogen) atoms. The first-order valence-electron chi connectivity index (χ1n) is 13.1. The number of carbonyl (C=O) groups excluding carboxylic acids is 2. The highest BCUT2D eigenvalue weighted by Gasteiger charge is 2.45. The number of fused-ring (bicyclic) bond motifs is 2. The van der Waals surface area contributed by atoms with Gasteiger partial charge in [-0.2, -0.15) is 0 Å². The quantitative estimate of drug-likeness (QED) is 0.132. The molecule has 1 aliphatic heterocycles. The molecule has 2 aromatic carbocycles. The lowest BCUT2D eigenvalue weighted by atomic mass is 9.97. The molecule has 0 fully saturated rings. The van der Waals surface area contributed by atoms with E-state index in [0.717, 1.165) is 35.3 Å². The molecule has 2 aromatic heterocycles. The van der Waals surface area contributed by atoms with Crippen molar-refractivity contribution in [3.05, 3.63) is 97.9 Å². The zero-order valence-corrected chi connectivity index (χ0v) is 23.7. The van der Waals surface area contributed by atoms with E-state index in [2.05, 4.69) is 18.5 Å². The molecule has 0 aliphatic carbocycles. The predicted molar refractivity (Wildman–Crippen MR) is 155 cm³/mol. The van der Waals surface area contributed by atoms with Gasteiger partial charge in [0.1, 0.15) is 22.8 Å². The summed E-state index contributed by atoms with van der Waals surface area (Å²) in [6.07, 6.45) is 3.37. The van der Waals surface area contributed by atoms with Gasteiger partial charge in [-0.25, -0.2) is 9.78 Å². The van der Waals surface area contributed by atoms with Crippen molar-refractivity contribution in [3.63, 3.8) is 0 Å². The highest BCUT2D eigenvalue weighted by molar-refractivity contribution is 7.17. The van der Waals surface area contributed by atoms with Crippen molar-refractivity contribution in [3.8, 4) is 5.75 Å². The topological polar surface area (TPSA) is 98.9 Å². The van der Waals surface area contributed by atoms with E-state index in [9.17, 15) is 14.4 Å². The Morgan fingerprint density at radius 2 is 1.95 bits per heavy atom. The molecule has 1 amide bonds. The van der Waals surface area contributed by atoms with Crippen LogP contribution < -0.4 is 15.1 Å². The summed E-state index contributed by atoms with van der Waals surface area (Å²) >= 11 is 1.03. The maximum atomic E-state index is 14.0. The van der Waals surface area contributed by atoms with Crippen molar-refractivity contribution in [1.82, 2.24) is 4.98 Å². The highest BCUT2D eigenvalue weighted by atomic mass is 32.1. The molecule has 0 N–H and O–H groups in total. The summed E-state index contributed by atoms with van der Waals surface area (Å²) in [5.41, 5.74) is 3.28. The Kier molecular flexibility index (Phi) is 7.58. The molecule has 1 atom stereocenters. The average Bonchev–Trinajstić information content (AvgIpc) is 3.46. The molecule has 0 spiro atoms. The minimum atomic E-state index is -0.831. The minimum absolute atomic E-state index is 0.0355. The number of nitrogens with zero attached hydrogens (tertiary/aromatic N) is 2. The maximum Gasteiger partial charge on any atom is 0.350 e. The second-order valence-electron chi connectivity index (χ2n) is 9.76. The number of ether oxygens (including phenoxy) is 2. The van der Waals surface area contributed by atoms with Crippen molar-refractivity contribution in [2.24, 2.45) is 0 Å². The molecule has 206 valence electrons. The molecule has 0 bridgehead atoms. The van der Waals surface area contributed by atoms with E-state index in [1.165, 1.54) is 11.0 Å². The Bertz CT molecular complexity index is 1700. The molecule has 5 rings (SSSR count). The minimum Gasteiger partial charge on any atom is -0.494 e. The van der Waals surface area contributed by atoms with Gasteiger partial charge < -0.3 is 13.9 Å². The third-order valence-electron chi connectivity index (χ3n) is 6.94. The van der Waals surface area contributed by atoms with E-state index in [1.54, 1.807) is 19.1 Å². The number of aryl methyl sites for hydroxylation is 3. The Hall–Kier alpha value is -4.24. The summed E-state index contributed by atoms with van der Waals surface area (Å²) in [5.74, 6) is -0.465. The Morgan fingerprint density at radius 3 is 2.70 bits per heavy atom. The van der Waals surface area contributed by atoms with Gasteiger partial charge in [0.05, 0.1) is 29.3 Å². The zero-order valence-electron chi connectivity index (χ0n) is 22.9. The molecular formula is C31H30N2O6S. The van der Waals surface area contributed by atoms with Crippen molar-refractivity contribution in [2.45, 2.75) is 46.6 Å². The molecule has 4 aromatic rings. The van der Waals surface area contributed by atoms with Crippen molar-refractivity contribution in [1.29, 1.82) is 0 Å². The van der Waals surface area contributed by atoms with Crippen LogP contribution in [0.1, 0.15) is 74.0 Å². The van der Waals surface area contributed by atoms with Crippen LogP contribution in [0.4, 0.5) is 5.13 Å². The van der Waals surface area contributed by atoms with Gasteiger partial charge in [-0.15, -0.1) is 0 Å². The third kappa shape index (κ3) is 4.81. The first-order chi connectivity index (χ1) is 19.2. The number of unbranched alkanes of at least 4 members (excludes halogenated alkanes) is 1. The second kappa shape index (κ2) is 11.1. The summed E-state index contributed by atoms with van der Waals surface area (Å²) in [6.45, 7) is 11.8. The summed E-state index contributed by atoms with van der Waals surface area (Å²) < 4.78 is 17.3. The fourth-order valence-corrected chi connectivity index (χ4v) is 5.71. The molecular weight excluding hydrogens is 528 g/mol. The van der Waals surface area contributed by atoms with Gasteiger partial charge in [0.2, 0.25) is 5.76 Å². The normalized spacial score (nSPS) is 14.4. The van der Waals surface area contributed by atoms with E-state index in [-0.39, 0.29) is 33.4 Å². The summed E-state index contributed by atoms with van der Waals surface area (Å²) in [4.78, 5) is 46.9. The number of anilines is 1. The lowest BCUT2D eigenvalue weighted by molar-refractivity contribution is 0.0554. The number of amides is 1. The van der Waals surface area contributed by atoms with Gasteiger partial charge in [-0.1, -0.05) is 49.5 Å². The molecule has 0 saturated heterocycles. The monoisotopic (exact) mass is 558 g/mol. The first kappa shape index (κ1) is 27.3.